The molecule has 0 bridgehead atoms. The fraction of sp³-hybridized carbons (Fsp3) is 0.462. The van der Waals surface area contributed by atoms with Crippen LogP contribution in [0.5, 0.6) is 0 Å². The van der Waals surface area contributed by atoms with Gasteiger partial charge in [-0.3, -0.25) is 4.79 Å². The number of thiol groups is 1. The van der Waals surface area contributed by atoms with E-state index in [9.17, 15) is 4.79 Å². The van der Waals surface area contributed by atoms with E-state index in [-0.39, 0.29) is 11.2 Å². The van der Waals surface area contributed by atoms with Crippen molar-refractivity contribution < 1.29 is 4.79 Å². The molecule has 0 saturated carbocycles. The van der Waals surface area contributed by atoms with E-state index in [2.05, 4.69) is 30.1 Å². The number of amides is 1. The van der Waals surface area contributed by atoms with Gasteiger partial charge in [0.25, 0.3) is 0 Å². The van der Waals surface area contributed by atoms with Crippen molar-refractivity contribution in [1.29, 1.82) is 0 Å². The first-order valence-electron chi connectivity index (χ1n) is 5.96. The van der Waals surface area contributed by atoms with Crippen molar-refractivity contribution >= 4 is 18.5 Å². The Kier molecular flexibility index (Phi) is 4.45. The van der Waals surface area contributed by atoms with Crippen LogP contribution in [0.3, 0.4) is 0 Å². The van der Waals surface area contributed by atoms with Crippen molar-refractivity contribution in [2.75, 3.05) is 19.6 Å². The van der Waals surface area contributed by atoms with Gasteiger partial charge in [-0.2, -0.15) is 12.6 Å². The summed E-state index contributed by atoms with van der Waals surface area (Å²) in [6, 6.07) is 10.3. The zero-order valence-electron chi connectivity index (χ0n) is 9.80. The maximum absolute atomic E-state index is 11.5. The molecule has 1 saturated heterocycles. The average molecular weight is 250 g/mol. The highest BCUT2D eigenvalue weighted by Gasteiger charge is 2.26. The van der Waals surface area contributed by atoms with Gasteiger partial charge < -0.3 is 10.2 Å². The third-order valence-corrected chi connectivity index (χ3v) is 3.27. The topological polar surface area (TPSA) is 32.3 Å². The van der Waals surface area contributed by atoms with Gasteiger partial charge >= 0.3 is 0 Å². The third kappa shape index (κ3) is 3.75. The molecule has 0 aromatic heterocycles. The molecule has 1 amide bonds. The van der Waals surface area contributed by atoms with Crippen LogP contribution < -0.4 is 5.32 Å². The first kappa shape index (κ1) is 12.5. The molecule has 0 radical (unpaired) electrons. The molecule has 3 nitrogen and oxygen atoms in total. The largest absolute Gasteiger partial charge is 0.340 e. The van der Waals surface area contributed by atoms with Crippen LogP contribution in [-0.4, -0.2) is 35.7 Å². The number of carbonyl (C=O) groups is 1. The van der Waals surface area contributed by atoms with Gasteiger partial charge in [0.1, 0.15) is 0 Å². The minimum Gasteiger partial charge on any atom is -0.340 e. The van der Waals surface area contributed by atoms with Gasteiger partial charge in [-0.05, 0) is 5.56 Å². The first-order valence-corrected chi connectivity index (χ1v) is 6.48. The lowest BCUT2D eigenvalue weighted by molar-refractivity contribution is -0.127. The minimum absolute atomic E-state index is 0.219. The standard InChI is InChI=1S/C13H18N2OS/c16-13-8-12(17)10-15(13)7-6-14-9-11-4-2-1-3-5-11/h1-5,12,14,17H,6-10H2. The quantitative estimate of drug-likeness (QED) is 0.610. The molecular formula is C13H18N2OS. The zero-order chi connectivity index (χ0) is 12.1. The summed E-state index contributed by atoms with van der Waals surface area (Å²) in [7, 11) is 0. The summed E-state index contributed by atoms with van der Waals surface area (Å²) in [4.78, 5) is 13.4. The van der Waals surface area contributed by atoms with Crippen molar-refractivity contribution in [2.45, 2.75) is 18.2 Å². The highest BCUT2D eigenvalue weighted by molar-refractivity contribution is 7.81. The van der Waals surface area contributed by atoms with Crippen molar-refractivity contribution in [3.63, 3.8) is 0 Å². The van der Waals surface area contributed by atoms with E-state index in [4.69, 9.17) is 0 Å². The Morgan fingerprint density at radius 2 is 2.12 bits per heavy atom. The molecule has 92 valence electrons. The van der Waals surface area contributed by atoms with Gasteiger partial charge in [-0.1, -0.05) is 30.3 Å². The Labute approximate surface area is 108 Å². The summed E-state index contributed by atoms with van der Waals surface area (Å²) in [6.45, 7) is 3.26. The Balaban J connectivity index is 1.65. The number of likely N-dealkylation sites (tertiary alicyclic amines) is 1. The molecule has 4 heteroatoms. The summed E-state index contributed by atoms with van der Waals surface area (Å²) >= 11 is 4.33. The van der Waals surface area contributed by atoms with Crippen molar-refractivity contribution in [1.82, 2.24) is 10.2 Å². The third-order valence-electron chi connectivity index (χ3n) is 2.92. The number of hydrogen-bond acceptors (Lipinski definition) is 3. The van der Waals surface area contributed by atoms with Gasteiger partial charge in [0.2, 0.25) is 5.91 Å². The summed E-state index contributed by atoms with van der Waals surface area (Å²) in [6.07, 6.45) is 0.585. The molecule has 0 aliphatic carbocycles. The number of nitrogens with zero attached hydrogens (tertiary/aromatic N) is 1. The second-order valence-corrected chi connectivity index (χ2v) is 5.09. The van der Waals surface area contributed by atoms with Gasteiger partial charge in [-0.25, -0.2) is 0 Å². The van der Waals surface area contributed by atoms with E-state index in [0.29, 0.717) is 6.42 Å². The summed E-state index contributed by atoms with van der Waals surface area (Å²) in [5.74, 6) is 0.228. The average Bonchev–Trinajstić information content (AvgIpc) is 2.65. The van der Waals surface area contributed by atoms with E-state index in [1.165, 1.54) is 5.56 Å². The number of carbonyl (C=O) groups excluding carboxylic acids is 1. The molecule has 1 aromatic rings. The van der Waals surface area contributed by atoms with Gasteiger partial charge in [0.15, 0.2) is 0 Å². The molecule has 1 heterocycles. The number of hydrogen-bond donors (Lipinski definition) is 2. The van der Waals surface area contributed by atoms with Gasteiger partial charge in [0, 0.05) is 37.8 Å². The Hall–Kier alpha value is -1.00. The minimum atomic E-state index is 0.219. The van der Waals surface area contributed by atoms with Crippen LogP contribution in [0.2, 0.25) is 0 Å². The monoisotopic (exact) mass is 250 g/mol. The lowest BCUT2D eigenvalue weighted by Gasteiger charge is -2.16. The van der Waals surface area contributed by atoms with Crippen LogP contribution in [0, 0.1) is 0 Å². The van der Waals surface area contributed by atoms with Crippen molar-refractivity contribution in [3.8, 4) is 0 Å². The fourth-order valence-electron chi connectivity index (χ4n) is 2.01. The molecule has 1 unspecified atom stereocenters. The molecule has 2 rings (SSSR count). The molecule has 1 fully saturated rings. The second kappa shape index (κ2) is 6.07. The Morgan fingerprint density at radius 1 is 1.35 bits per heavy atom. The van der Waals surface area contributed by atoms with E-state index in [0.717, 1.165) is 26.2 Å². The van der Waals surface area contributed by atoms with Crippen LogP contribution in [0.15, 0.2) is 30.3 Å². The van der Waals surface area contributed by atoms with Crippen LogP contribution in [0.1, 0.15) is 12.0 Å². The number of nitrogens with one attached hydrogen (secondary N) is 1. The molecule has 1 aliphatic rings. The van der Waals surface area contributed by atoms with Crippen LogP contribution in [0.25, 0.3) is 0 Å². The fourth-order valence-corrected chi connectivity index (χ4v) is 2.36. The Morgan fingerprint density at radius 3 is 2.76 bits per heavy atom. The first-order chi connectivity index (χ1) is 8.25. The molecule has 1 aromatic carbocycles. The molecule has 1 aliphatic heterocycles. The predicted octanol–water partition coefficient (Wildman–Crippen LogP) is 1.31. The zero-order valence-corrected chi connectivity index (χ0v) is 10.7. The summed E-state index contributed by atoms with van der Waals surface area (Å²) < 4.78 is 0. The Bertz CT molecular complexity index is 369. The smallest absolute Gasteiger partial charge is 0.223 e. The highest BCUT2D eigenvalue weighted by atomic mass is 32.1. The lowest BCUT2D eigenvalue weighted by atomic mass is 10.2. The van der Waals surface area contributed by atoms with Crippen LogP contribution in [-0.2, 0) is 11.3 Å². The van der Waals surface area contributed by atoms with E-state index < -0.39 is 0 Å². The van der Waals surface area contributed by atoms with Gasteiger partial charge in [0.05, 0.1) is 0 Å². The lowest BCUT2D eigenvalue weighted by Crippen LogP contribution is -2.33. The predicted molar refractivity (Wildman–Crippen MR) is 72.1 cm³/mol. The highest BCUT2D eigenvalue weighted by Crippen LogP contribution is 2.14. The SMILES string of the molecule is O=C1CC(S)CN1CCNCc1ccccc1. The molecule has 17 heavy (non-hydrogen) atoms. The van der Waals surface area contributed by atoms with E-state index >= 15 is 0 Å². The number of benzene rings is 1. The normalized spacial score (nSPS) is 19.9. The molecule has 1 N–H and O–H groups in total. The maximum atomic E-state index is 11.5. The van der Waals surface area contributed by atoms with Crippen LogP contribution >= 0.6 is 12.6 Å². The molecule has 0 spiro atoms. The van der Waals surface area contributed by atoms with E-state index in [1.807, 2.05) is 23.1 Å². The van der Waals surface area contributed by atoms with Crippen molar-refractivity contribution in [2.24, 2.45) is 0 Å². The maximum Gasteiger partial charge on any atom is 0.223 e. The van der Waals surface area contributed by atoms with Crippen LogP contribution in [0.4, 0.5) is 0 Å². The van der Waals surface area contributed by atoms with Crippen molar-refractivity contribution in [3.05, 3.63) is 35.9 Å². The summed E-state index contributed by atoms with van der Waals surface area (Å²) in [5.41, 5.74) is 1.27. The molecule has 1 atom stereocenters. The molecular weight excluding hydrogens is 232 g/mol. The second-order valence-electron chi connectivity index (χ2n) is 4.36. The summed E-state index contributed by atoms with van der Waals surface area (Å²) in [5, 5.41) is 3.56. The van der Waals surface area contributed by atoms with E-state index in [1.54, 1.807) is 0 Å². The number of rotatable bonds is 5. The van der Waals surface area contributed by atoms with Gasteiger partial charge in [-0.15, -0.1) is 0 Å².